The number of rotatable bonds is 3. The number of benzene rings is 2. The second kappa shape index (κ2) is 6.97. The van der Waals surface area contributed by atoms with Crippen molar-refractivity contribution in [3.63, 3.8) is 0 Å². The van der Waals surface area contributed by atoms with Gasteiger partial charge >= 0.3 is 0 Å². The van der Waals surface area contributed by atoms with Crippen molar-refractivity contribution in [3.05, 3.63) is 70.4 Å². The maximum absolute atomic E-state index is 13.0. The van der Waals surface area contributed by atoms with Crippen LogP contribution in [-0.2, 0) is 0 Å². The van der Waals surface area contributed by atoms with Crippen molar-refractivity contribution >= 4 is 23.0 Å². The highest BCUT2D eigenvalue weighted by Crippen LogP contribution is 2.29. The van der Waals surface area contributed by atoms with Gasteiger partial charge in [0.2, 0.25) is 11.4 Å². The van der Waals surface area contributed by atoms with Crippen LogP contribution in [0.15, 0.2) is 54.6 Å². The summed E-state index contributed by atoms with van der Waals surface area (Å²) in [5.74, 6) is 0.337. The SMILES string of the molecule is [O-][N+](=C(c1ccccc1)C1CCCCC1)c1ccc(Cl)cc1. The van der Waals surface area contributed by atoms with Crippen LogP contribution >= 0.6 is 11.6 Å². The van der Waals surface area contributed by atoms with E-state index in [1.54, 1.807) is 24.3 Å². The van der Waals surface area contributed by atoms with E-state index in [4.69, 9.17) is 11.6 Å². The fourth-order valence-electron chi connectivity index (χ4n) is 3.22. The molecule has 0 N–H and O–H groups in total. The summed E-state index contributed by atoms with van der Waals surface area (Å²) in [4.78, 5) is 0. The van der Waals surface area contributed by atoms with E-state index in [9.17, 15) is 5.21 Å². The lowest BCUT2D eigenvalue weighted by Gasteiger charge is -2.23. The van der Waals surface area contributed by atoms with Crippen LogP contribution in [0.3, 0.4) is 0 Å². The minimum Gasteiger partial charge on any atom is -0.618 e. The quantitative estimate of drug-likeness (QED) is 0.316. The van der Waals surface area contributed by atoms with E-state index in [0.717, 1.165) is 28.9 Å². The van der Waals surface area contributed by atoms with Crippen molar-refractivity contribution < 1.29 is 4.74 Å². The van der Waals surface area contributed by atoms with Gasteiger partial charge in [0, 0.05) is 28.6 Å². The summed E-state index contributed by atoms with van der Waals surface area (Å²) >= 11 is 5.93. The molecule has 0 aromatic heterocycles. The topological polar surface area (TPSA) is 26.1 Å². The number of hydrogen-bond donors (Lipinski definition) is 0. The first-order valence-corrected chi connectivity index (χ1v) is 8.28. The molecule has 0 heterocycles. The molecule has 1 aliphatic rings. The van der Waals surface area contributed by atoms with Crippen molar-refractivity contribution in [2.75, 3.05) is 0 Å². The van der Waals surface area contributed by atoms with Crippen molar-refractivity contribution in [3.8, 4) is 0 Å². The van der Waals surface area contributed by atoms with Gasteiger partial charge in [0.1, 0.15) is 0 Å². The lowest BCUT2D eigenvalue weighted by molar-refractivity contribution is -0.363. The minimum atomic E-state index is 0.337. The molecule has 0 radical (unpaired) electrons. The van der Waals surface area contributed by atoms with Gasteiger partial charge in [-0.05, 0) is 37.1 Å². The monoisotopic (exact) mass is 313 g/mol. The van der Waals surface area contributed by atoms with Crippen molar-refractivity contribution in [1.82, 2.24) is 0 Å². The predicted molar refractivity (Wildman–Crippen MR) is 91.9 cm³/mol. The van der Waals surface area contributed by atoms with Crippen molar-refractivity contribution in [2.24, 2.45) is 5.92 Å². The molecule has 0 bridgehead atoms. The zero-order chi connectivity index (χ0) is 15.4. The Morgan fingerprint density at radius 2 is 1.55 bits per heavy atom. The molecule has 2 aromatic carbocycles. The van der Waals surface area contributed by atoms with E-state index in [-0.39, 0.29) is 0 Å². The van der Waals surface area contributed by atoms with Crippen molar-refractivity contribution in [2.45, 2.75) is 32.1 Å². The molecule has 3 rings (SSSR count). The van der Waals surface area contributed by atoms with Gasteiger partial charge < -0.3 is 5.21 Å². The maximum atomic E-state index is 13.0. The summed E-state index contributed by atoms with van der Waals surface area (Å²) < 4.78 is 1.10. The first-order chi connectivity index (χ1) is 10.8. The van der Waals surface area contributed by atoms with Crippen LogP contribution in [0.1, 0.15) is 37.7 Å². The Balaban J connectivity index is 2.06. The van der Waals surface area contributed by atoms with Gasteiger partial charge in [-0.2, -0.15) is 4.74 Å². The Hall–Kier alpha value is -1.80. The summed E-state index contributed by atoms with van der Waals surface area (Å²) in [5, 5.41) is 13.6. The molecule has 0 saturated heterocycles. The summed E-state index contributed by atoms with van der Waals surface area (Å²) in [7, 11) is 0. The molecule has 0 amide bonds. The highest BCUT2D eigenvalue weighted by Gasteiger charge is 2.27. The largest absolute Gasteiger partial charge is 0.618 e. The van der Waals surface area contributed by atoms with Gasteiger partial charge in [-0.15, -0.1) is 0 Å². The van der Waals surface area contributed by atoms with Crippen LogP contribution in [0.5, 0.6) is 0 Å². The molecule has 2 aromatic rings. The van der Waals surface area contributed by atoms with Gasteiger partial charge in [-0.1, -0.05) is 49.1 Å². The first kappa shape index (κ1) is 15.1. The van der Waals surface area contributed by atoms with Crippen LogP contribution < -0.4 is 0 Å². The minimum absolute atomic E-state index is 0.337. The Morgan fingerprint density at radius 3 is 2.18 bits per heavy atom. The number of hydrogen-bond acceptors (Lipinski definition) is 1. The Bertz CT molecular complexity index is 643. The lowest BCUT2D eigenvalue weighted by atomic mass is 9.83. The first-order valence-electron chi connectivity index (χ1n) is 7.91. The molecule has 0 aliphatic heterocycles. The van der Waals surface area contributed by atoms with E-state index in [2.05, 4.69) is 0 Å². The molecule has 22 heavy (non-hydrogen) atoms. The zero-order valence-electron chi connectivity index (χ0n) is 12.5. The number of nitrogens with zero attached hydrogens (tertiary/aromatic N) is 1. The second-order valence-electron chi connectivity index (χ2n) is 5.86. The van der Waals surface area contributed by atoms with Crippen LogP contribution in [0.2, 0.25) is 5.02 Å². The van der Waals surface area contributed by atoms with E-state index < -0.39 is 0 Å². The predicted octanol–water partition coefficient (Wildman–Crippen LogP) is 5.55. The molecule has 114 valence electrons. The third kappa shape index (κ3) is 3.33. The summed E-state index contributed by atoms with van der Waals surface area (Å²) in [5.41, 5.74) is 2.57. The molecule has 3 heteroatoms. The van der Waals surface area contributed by atoms with E-state index >= 15 is 0 Å². The summed E-state index contributed by atoms with van der Waals surface area (Å²) in [6.45, 7) is 0. The molecule has 1 saturated carbocycles. The van der Waals surface area contributed by atoms with Gasteiger partial charge in [0.25, 0.3) is 0 Å². The van der Waals surface area contributed by atoms with Crippen LogP contribution in [0.25, 0.3) is 0 Å². The molecule has 1 aliphatic carbocycles. The van der Waals surface area contributed by atoms with Crippen LogP contribution in [-0.4, -0.2) is 10.5 Å². The molecule has 2 nitrogen and oxygen atoms in total. The number of halogens is 1. The molecular formula is C19H20ClNO. The second-order valence-corrected chi connectivity index (χ2v) is 6.29. The molecule has 0 spiro atoms. The Labute approximate surface area is 136 Å². The van der Waals surface area contributed by atoms with Gasteiger partial charge in [0.05, 0.1) is 0 Å². The molecular weight excluding hydrogens is 294 g/mol. The molecule has 1 fully saturated rings. The molecule has 0 atom stereocenters. The fraction of sp³-hybridized carbons (Fsp3) is 0.316. The lowest BCUT2D eigenvalue weighted by Crippen LogP contribution is -2.25. The average molecular weight is 314 g/mol. The average Bonchev–Trinajstić information content (AvgIpc) is 2.57. The van der Waals surface area contributed by atoms with E-state index in [1.165, 1.54) is 19.3 Å². The standard InChI is InChI=1S/C19H20ClNO/c20-17-11-13-18(14-12-17)21(22)19(15-7-3-1-4-8-15)16-9-5-2-6-10-16/h1,3-4,7-8,11-14,16H,2,5-6,9-10H2. The van der Waals surface area contributed by atoms with Crippen LogP contribution in [0, 0.1) is 11.1 Å². The van der Waals surface area contributed by atoms with Gasteiger partial charge in [-0.3, -0.25) is 0 Å². The van der Waals surface area contributed by atoms with Gasteiger partial charge in [0.15, 0.2) is 0 Å². The highest BCUT2D eigenvalue weighted by atomic mass is 35.5. The van der Waals surface area contributed by atoms with Crippen molar-refractivity contribution in [1.29, 1.82) is 0 Å². The van der Waals surface area contributed by atoms with Crippen LogP contribution in [0.4, 0.5) is 5.69 Å². The summed E-state index contributed by atoms with van der Waals surface area (Å²) in [6.07, 6.45) is 5.87. The third-order valence-electron chi connectivity index (χ3n) is 4.34. The third-order valence-corrected chi connectivity index (χ3v) is 4.59. The Morgan fingerprint density at radius 1 is 0.909 bits per heavy atom. The van der Waals surface area contributed by atoms with E-state index in [0.29, 0.717) is 16.6 Å². The smallest absolute Gasteiger partial charge is 0.216 e. The summed E-state index contributed by atoms with van der Waals surface area (Å²) in [6, 6.07) is 17.2. The maximum Gasteiger partial charge on any atom is 0.216 e. The van der Waals surface area contributed by atoms with E-state index in [1.807, 2.05) is 30.3 Å². The normalized spacial score (nSPS) is 17.1. The Kier molecular flexibility index (Phi) is 4.79. The fourth-order valence-corrected chi connectivity index (χ4v) is 3.35. The highest BCUT2D eigenvalue weighted by molar-refractivity contribution is 6.30. The van der Waals surface area contributed by atoms with Gasteiger partial charge in [-0.25, -0.2) is 0 Å². The zero-order valence-corrected chi connectivity index (χ0v) is 13.3. The molecule has 0 unspecified atom stereocenters.